The van der Waals surface area contributed by atoms with Gasteiger partial charge < -0.3 is 0 Å². The highest BCUT2D eigenvalue weighted by molar-refractivity contribution is 5.01. The molecule has 6 unspecified atom stereocenters. The molecule has 0 aliphatic heterocycles. The van der Waals surface area contributed by atoms with Crippen LogP contribution in [0.1, 0.15) is 128 Å². The van der Waals surface area contributed by atoms with Crippen molar-refractivity contribution < 1.29 is 0 Å². The smallest absolute Gasteiger partial charge is 0.132 e. The summed E-state index contributed by atoms with van der Waals surface area (Å²) in [5.41, 5.74) is 0. The first-order valence-electron chi connectivity index (χ1n) is 13.2. The first-order valence-corrected chi connectivity index (χ1v) is 13.2. The molecule has 0 N–H and O–H groups in total. The molecule has 0 fully saturated rings. The number of hydrogen-bond acceptors (Lipinski definition) is 3. The maximum absolute atomic E-state index is 4.70. The van der Waals surface area contributed by atoms with Crippen molar-refractivity contribution in [2.75, 3.05) is 0 Å². The van der Waals surface area contributed by atoms with Crippen molar-refractivity contribution in [3.63, 3.8) is 0 Å². The summed E-state index contributed by atoms with van der Waals surface area (Å²) in [6.45, 7) is 33.4. The zero-order valence-corrected chi connectivity index (χ0v) is 23.0. The highest BCUT2D eigenvalue weighted by Crippen LogP contribution is 2.41. The molecule has 0 saturated carbocycles. The predicted octanol–water partition coefficient (Wildman–Crippen LogP) is 7.56. The van der Waals surface area contributed by atoms with E-state index in [4.69, 9.17) is 6.92 Å². The fraction of sp³-hybridized carbons (Fsp3) is 0.963. The van der Waals surface area contributed by atoms with Crippen LogP contribution in [0, 0.1) is 6.92 Å². The summed E-state index contributed by atoms with van der Waals surface area (Å²) < 4.78 is 0. The van der Waals surface area contributed by atoms with E-state index < -0.39 is 0 Å². The quantitative estimate of drug-likeness (QED) is 0.237. The van der Waals surface area contributed by atoms with Crippen molar-refractivity contribution in [3.05, 3.63) is 6.92 Å². The van der Waals surface area contributed by atoms with E-state index in [9.17, 15) is 0 Å². The minimum atomic E-state index is -0.180. The molecular weight excluding hydrogens is 366 g/mol. The van der Waals surface area contributed by atoms with Crippen molar-refractivity contribution in [2.24, 2.45) is 0 Å². The lowest BCUT2D eigenvalue weighted by Gasteiger charge is -2.65. The largest absolute Gasteiger partial charge is 0.267 e. The molecule has 0 saturated heterocycles. The number of hydrogen-bond donors (Lipinski definition) is 0. The van der Waals surface area contributed by atoms with Crippen molar-refractivity contribution in [3.8, 4) is 0 Å². The molecule has 0 aromatic rings. The lowest BCUT2D eigenvalue weighted by atomic mass is 9.93. The third-order valence-corrected chi connectivity index (χ3v) is 7.97. The summed E-state index contributed by atoms with van der Waals surface area (Å²) in [5.74, 6) is -0.180. The van der Waals surface area contributed by atoms with Crippen LogP contribution in [0.5, 0.6) is 0 Å². The van der Waals surface area contributed by atoms with Crippen LogP contribution in [0.25, 0.3) is 0 Å². The van der Waals surface area contributed by atoms with Gasteiger partial charge in [0.25, 0.3) is 0 Å². The molecule has 181 valence electrons. The van der Waals surface area contributed by atoms with E-state index in [0.29, 0.717) is 36.3 Å². The Morgan fingerprint density at radius 3 is 0.733 bits per heavy atom. The first kappa shape index (κ1) is 29.9. The van der Waals surface area contributed by atoms with Crippen molar-refractivity contribution >= 4 is 0 Å². The third kappa shape index (κ3) is 6.23. The van der Waals surface area contributed by atoms with Crippen LogP contribution in [-0.4, -0.2) is 56.7 Å². The fourth-order valence-electron chi connectivity index (χ4n) is 5.39. The van der Waals surface area contributed by atoms with Gasteiger partial charge in [-0.25, -0.2) is 0 Å². The van der Waals surface area contributed by atoms with E-state index in [1.165, 1.54) is 0 Å². The Kier molecular flexibility index (Phi) is 14.1. The van der Waals surface area contributed by atoms with E-state index >= 15 is 0 Å². The zero-order chi connectivity index (χ0) is 23.6. The molecule has 0 aliphatic carbocycles. The Morgan fingerprint density at radius 2 is 0.633 bits per heavy atom. The number of nitrogens with zero attached hydrogens (tertiary/aromatic N) is 3. The lowest BCUT2D eigenvalue weighted by Crippen LogP contribution is -2.78. The van der Waals surface area contributed by atoms with Gasteiger partial charge in [-0.15, -0.1) is 0 Å². The van der Waals surface area contributed by atoms with Gasteiger partial charge in [0, 0.05) is 36.3 Å². The molecule has 0 amide bonds. The first-order chi connectivity index (χ1) is 14.1. The van der Waals surface area contributed by atoms with Gasteiger partial charge in [-0.1, -0.05) is 41.5 Å². The maximum Gasteiger partial charge on any atom is 0.132 e. The molecule has 3 nitrogen and oxygen atoms in total. The van der Waals surface area contributed by atoms with E-state index in [1.54, 1.807) is 0 Å². The minimum Gasteiger partial charge on any atom is -0.267 e. The molecule has 0 heterocycles. The molecule has 1 radical (unpaired) electrons. The van der Waals surface area contributed by atoms with Crippen molar-refractivity contribution in [1.82, 2.24) is 14.7 Å². The topological polar surface area (TPSA) is 9.72 Å². The average Bonchev–Trinajstić information content (AvgIpc) is 2.77. The molecular formula is C27H58N3. The summed E-state index contributed by atoms with van der Waals surface area (Å²) in [6.07, 6.45) is 7.85. The average molecular weight is 425 g/mol. The second kappa shape index (κ2) is 14.1. The summed E-state index contributed by atoms with van der Waals surface area (Å²) >= 11 is 0. The monoisotopic (exact) mass is 424 g/mol. The van der Waals surface area contributed by atoms with E-state index in [0.717, 1.165) is 44.9 Å². The highest BCUT2D eigenvalue weighted by Gasteiger charge is 2.53. The lowest BCUT2D eigenvalue weighted by molar-refractivity contribution is -0.241. The molecule has 0 aromatic carbocycles. The van der Waals surface area contributed by atoms with Gasteiger partial charge in [0.05, 0.1) is 0 Å². The van der Waals surface area contributed by atoms with Crippen LogP contribution in [0.4, 0.5) is 0 Å². The summed E-state index contributed by atoms with van der Waals surface area (Å²) in [4.78, 5) is 8.62. The fourth-order valence-corrected chi connectivity index (χ4v) is 5.39. The van der Waals surface area contributed by atoms with Gasteiger partial charge in [-0.05, 0) is 93.4 Å². The molecule has 3 heteroatoms. The van der Waals surface area contributed by atoms with Crippen LogP contribution in [-0.2, 0) is 0 Å². The Bertz CT molecular complexity index is 348. The third-order valence-electron chi connectivity index (χ3n) is 7.97. The standard InChI is InChI=1S/C27H58N3/c1-14-21(8)28(22(9)15-2)27(20-7,29(23(10)16-3)24(11)17-4)30(25(12)18-5)26(13)19-6/h21-26H,7,14-20H2,1-6,8-13H3. The minimum absolute atomic E-state index is 0.180. The second-order valence-corrected chi connectivity index (χ2v) is 9.79. The van der Waals surface area contributed by atoms with Crippen LogP contribution in [0.15, 0.2) is 0 Å². The molecule has 0 aromatic heterocycles. The van der Waals surface area contributed by atoms with Crippen LogP contribution in [0.3, 0.4) is 0 Å². The van der Waals surface area contributed by atoms with Crippen molar-refractivity contribution in [1.29, 1.82) is 0 Å². The molecule has 30 heavy (non-hydrogen) atoms. The second-order valence-electron chi connectivity index (χ2n) is 9.79. The van der Waals surface area contributed by atoms with E-state index in [-0.39, 0.29) is 5.79 Å². The summed E-state index contributed by atoms with van der Waals surface area (Å²) in [6, 6.07) is 3.04. The van der Waals surface area contributed by atoms with Gasteiger partial charge >= 0.3 is 0 Å². The summed E-state index contributed by atoms with van der Waals surface area (Å²) in [5, 5.41) is 0. The molecule has 0 aliphatic rings. The Labute approximate surface area is 192 Å². The van der Waals surface area contributed by atoms with E-state index in [1.807, 2.05) is 0 Å². The highest BCUT2D eigenvalue weighted by atomic mass is 15.6. The van der Waals surface area contributed by atoms with E-state index in [2.05, 4.69) is 97.8 Å². The zero-order valence-electron chi connectivity index (χ0n) is 23.0. The maximum atomic E-state index is 4.70. The molecule has 6 atom stereocenters. The Balaban J connectivity index is 7.28. The van der Waals surface area contributed by atoms with Crippen LogP contribution >= 0.6 is 0 Å². The van der Waals surface area contributed by atoms with Gasteiger partial charge in [-0.2, -0.15) is 0 Å². The van der Waals surface area contributed by atoms with Gasteiger partial charge in [0.1, 0.15) is 5.79 Å². The van der Waals surface area contributed by atoms with Gasteiger partial charge in [0.15, 0.2) is 0 Å². The summed E-state index contributed by atoms with van der Waals surface area (Å²) in [7, 11) is 0. The molecule has 0 spiro atoms. The normalized spacial score (nSPS) is 20.8. The van der Waals surface area contributed by atoms with Gasteiger partial charge in [0.2, 0.25) is 0 Å². The van der Waals surface area contributed by atoms with Crippen LogP contribution in [0.2, 0.25) is 0 Å². The SMILES string of the molecule is [CH2]CC(N(C(C)CC)C(C)CC)(N(C(C)CC)C(C)CC)N(C(C)CC)C(C)CC. The van der Waals surface area contributed by atoms with Gasteiger partial charge in [-0.3, -0.25) is 14.7 Å². The molecule has 0 rings (SSSR count). The van der Waals surface area contributed by atoms with Crippen molar-refractivity contribution in [2.45, 2.75) is 170 Å². The van der Waals surface area contributed by atoms with Crippen LogP contribution < -0.4 is 0 Å². The molecule has 0 bridgehead atoms. The predicted molar refractivity (Wildman–Crippen MR) is 137 cm³/mol. The number of rotatable bonds is 16. The Hall–Kier alpha value is -0.120. The Morgan fingerprint density at radius 1 is 0.467 bits per heavy atom.